The zero-order chi connectivity index (χ0) is 9.35. The van der Waals surface area contributed by atoms with Crippen LogP contribution in [-0.2, 0) is 9.47 Å². The Morgan fingerprint density at radius 2 is 2.08 bits per heavy atom. The summed E-state index contributed by atoms with van der Waals surface area (Å²) < 4.78 is 9.89. The second-order valence-corrected chi connectivity index (χ2v) is 4.00. The maximum Gasteiger partial charge on any atom is 0.409 e. The number of methoxy groups -OCH3 is 1. The van der Waals surface area contributed by atoms with Crippen LogP contribution in [0.1, 0.15) is 20.8 Å². The maximum atomic E-state index is 10.9. The van der Waals surface area contributed by atoms with Gasteiger partial charge < -0.3 is 14.8 Å². The highest BCUT2D eigenvalue weighted by Gasteiger charge is 2.41. The van der Waals surface area contributed by atoms with Gasteiger partial charge in [0.05, 0.1) is 6.04 Å². The van der Waals surface area contributed by atoms with Gasteiger partial charge in [0.2, 0.25) is 6.29 Å². The van der Waals surface area contributed by atoms with Crippen molar-refractivity contribution in [2.75, 3.05) is 7.11 Å². The number of ether oxygens (including phenoxy) is 2. The Hall–Kier alpha value is -0.770. The number of carbonyl (C=O) groups is 1. The summed E-state index contributed by atoms with van der Waals surface area (Å²) >= 11 is 0. The minimum atomic E-state index is -0.461. The minimum absolute atomic E-state index is 0.0488. The van der Waals surface area contributed by atoms with E-state index in [0.29, 0.717) is 0 Å². The molecule has 0 aromatic carbocycles. The highest BCUT2D eigenvalue weighted by Crippen LogP contribution is 2.27. The average Bonchev–Trinajstić information content (AvgIpc) is 2.29. The molecule has 4 nitrogen and oxygen atoms in total. The molecule has 1 N–H and O–H groups in total. The van der Waals surface area contributed by atoms with E-state index in [1.54, 1.807) is 0 Å². The van der Waals surface area contributed by atoms with Crippen molar-refractivity contribution in [2.24, 2.45) is 5.41 Å². The first kappa shape index (κ1) is 9.32. The molecule has 4 heteroatoms. The molecule has 0 aromatic heterocycles. The van der Waals surface area contributed by atoms with Gasteiger partial charge >= 0.3 is 6.09 Å². The van der Waals surface area contributed by atoms with Crippen LogP contribution in [0.2, 0.25) is 0 Å². The molecule has 1 saturated heterocycles. The summed E-state index contributed by atoms with van der Waals surface area (Å²) in [5.74, 6) is 0. The van der Waals surface area contributed by atoms with Crippen molar-refractivity contribution in [1.82, 2.24) is 5.32 Å². The van der Waals surface area contributed by atoms with E-state index in [-0.39, 0.29) is 11.5 Å². The van der Waals surface area contributed by atoms with Gasteiger partial charge in [0.25, 0.3) is 0 Å². The van der Waals surface area contributed by atoms with E-state index in [9.17, 15) is 4.79 Å². The normalized spacial score (nSPS) is 29.8. The van der Waals surface area contributed by atoms with Gasteiger partial charge in [0.1, 0.15) is 0 Å². The third-order valence-electron chi connectivity index (χ3n) is 1.93. The highest BCUT2D eigenvalue weighted by molar-refractivity contribution is 5.70. The Morgan fingerprint density at radius 1 is 1.50 bits per heavy atom. The molecule has 2 atom stereocenters. The SMILES string of the molecule is COC1OC(=O)NC1C(C)(C)C. The van der Waals surface area contributed by atoms with Gasteiger partial charge in [-0.2, -0.15) is 0 Å². The van der Waals surface area contributed by atoms with E-state index in [1.807, 2.05) is 20.8 Å². The summed E-state index contributed by atoms with van der Waals surface area (Å²) in [5, 5.41) is 2.71. The van der Waals surface area contributed by atoms with Crippen molar-refractivity contribution in [3.05, 3.63) is 0 Å². The van der Waals surface area contributed by atoms with E-state index in [1.165, 1.54) is 7.11 Å². The van der Waals surface area contributed by atoms with Crippen molar-refractivity contribution in [1.29, 1.82) is 0 Å². The number of hydrogen-bond donors (Lipinski definition) is 1. The van der Waals surface area contributed by atoms with Gasteiger partial charge in [0.15, 0.2) is 0 Å². The molecule has 2 unspecified atom stereocenters. The standard InChI is InChI=1S/C8H15NO3/c1-8(2,3)5-6(11-4)12-7(10)9-5/h5-6H,1-4H3,(H,9,10). The molecule has 1 fully saturated rings. The van der Waals surface area contributed by atoms with Crippen molar-refractivity contribution < 1.29 is 14.3 Å². The molecule has 0 bridgehead atoms. The second kappa shape index (κ2) is 2.94. The smallest absolute Gasteiger partial charge is 0.409 e. The molecular formula is C8H15NO3. The molecule has 1 heterocycles. The van der Waals surface area contributed by atoms with Crippen LogP contribution in [0.25, 0.3) is 0 Å². The van der Waals surface area contributed by atoms with E-state index in [0.717, 1.165) is 0 Å². The lowest BCUT2D eigenvalue weighted by Gasteiger charge is -2.28. The minimum Gasteiger partial charge on any atom is -0.417 e. The second-order valence-electron chi connectivity index (χ2n) is 4.00. The third kappa shape index (κ3) is 1.69. The van der Waals surface area contributed by atoms with Gasteiger partial charge in [-0.1, -0.05) is 20.8 Å². The highest BCUT2D eigenvalue weighted by atomic mass is 16.7. The summed E-state index contributed by atoms with van der Waals surface area (Å²) in [6.07, 6.45) is -0.862. The quantitative estimate of drug-likeness (QED) is 0.646. The summed E-state index contributed by atoms with van der Waals surface area (Å²) in [7, 11) is 1.53. The van der Waals surface area contributed by atoms with E-state index >= 15 is 0 Å². The third-order valence-corrected chi connectivity index (χ3v) is 1.93. The monoisotopic (exact) mass is 173 g/mol. The Kier molecular flexibility index (Phi) is 2.28. The van der Waals surface area contributed by atoms with Gasteiger partial charge in [-0.15, -0.1) is 0 Å². The predicted molar refractivity (Wildman–Crippen MR) is 43.7 cm³/mol. The van der Waals surface area contributed by atoms with Crippen LogP contribution in [0, 0.1) is 5.41 Å². The number of rotatable bonds is 1. The van der Waals surface area contributed by atoms with Gasteiger partial charge in [-0.05, 0) is 5.41 Å². The molecule has 1 aliphatic rings. The fourth-order valence-corrected chi connectivity index (χ4v) is 1.21. The van der Waals surface area contributed by atoms with Crippen LogP contribution < -0.4 is 5.32 Å². The maximum absolute atomic E-state index is 10.9. The lowest BCUT2D eigenvalue weighted by atomic mass is 9.87. The first-order valence-corrected chi connectivity index (χ1v) is 3.95. The first-order chi connectivity index (χ1) is 5.45. The van der Waals surface area contributed by atoms with Gasteiger partial charge in [-0.3, -0.25) is 0 Å². The van der Waals surface area contributed by atoms with E-state index in [4.69, 9.17) is 9.47 Å². The summed E-state index contributed by atoms with van der Waals surface area (Å²) in [5.41, 5.74) is -0.0488. The van der Waals surface area contributed by atoms with Crippen molar-refractivity contribution in [3.8, 4) is 0 Å². The summed E-state index contributed by atoms with van der Waals surface area (Å²) in [6, 6.07) is -0.0741. The van der Waals surface area contributed by atoms with Crippen molar-refractivity contribution >= 4 is 6.09 Å². The van der Waals surface area contributed by atoms with Crippen LogP contribution >= 0.6 is 0 Å². The number of nitrogens with one attached hydrogen (secondary N) is 1. The molecule has 0 spiro atoms. The zero-order valence-electron chi connectivity index (χ0n) is 7.88. The molecule has 1 amide bonds. The number of amides is 1. The summed E-state index contributed by atoms with van der Waals surface area (Å²) in [4.78, 5) is 10.9. The van der Waals surface area contributed by atoms with E-state index in [2.05, 4.69) is 5.32 Å². The largest absolute Gasteiger partial charge is 0.417 e. The van der Waals surface area contributed by atoms with Crippen LogP contribution in [0.5, 0.6) is 0 Å². The molecule has 0 saturated carbocycles. The molecule has 1 rings (SSSR count). The lowest BCUT2D eigenvalue weighted by molar-refractivity contribution is -0.0844. The Labute approximate surface area is 72.2 Å². The van der Waals surface area contributed by atoms with Crippen LogP contribution in [0.15, 0.2) is 0 Å². The molecule has 1 aliphatic heterocycles. The van der Waals surface area contributed by atoms with Crippen molar-refractivity contribution in [2.45, 2.75) is 33.1 Å². The van der Waals surface area contributed by atoms with Gasteiger partial charge in [0, 0.05) is 7.11 Å². The van der Waals surface area contributed by atoms with Crippen molar-refractivity contribution in [3.63, 3.8) is 0 Å². The number of alkyl carbamates (subject to hydrolysis) is 1. The molecule has 0 aromatic rings. The average molecular weight is 173 g/mol. The number of hydrogen-bond acceptors (Lipinski definition) is 3. The molecule has 0 aliphatic carbocycles. The molecule has 0 radical (unpaired) electrons. The topological polar surface area (TPSA) is 47.6 Å². The molecule has 70 valence electrons. The van der Waals surface area contributed by atoms with E-state index < -0.39 is 12.4 Å². The fourth-order valence-electron chi connectivity index (χ4n) is 1.21. The Balaban J connectivity index is 2.70. The summed E-state index contributed by atoms with van der Waals surface area (Å²) in [6.45, 7) is 6.08. The Morgan fingerprint density at radius 3 is 2.42 bits per heavy atom. The molecular weight excluding hydrogens is 158 g/mol. The first-order valence-electron chi connectivity index (χ1n) is 3.95. The van der Waals surface area contributed by atoms with Crippen LogP contribution in [0.3, 0.4) is 0 Å². The van der Waals surface area contributed by atoms with Gasteiger partial charge in [-0.25, -0.2) is 4.79 Å². The predicted octanol–water partition coefficient (Wildman–Crippen LogP) is 1.11. The Bertz CT molecular complexity index is 185. The lowest BCUT2D eigenvalue weighted by Crippen LogP contribution is -2.43. The number of carbonyl (C=O) groups excluding carboxylic acids is 1. The number of cyclic esters (lactones) is 1. The molecule has 12 heavy (non-hydrogen) atoms. The van der Waals surface area contributed by atoms with Crippen LogP contribution in [0.4, 0.5) is 4.79 Å². The van der Waals surface area contributed by atoms with Crippen LogP contribution in [-0.4, -0.2) is 25.5 Å². The fraction of sp³-hybridized carbons (Fsp3) is 0.875. The zero-order valence-corrected chi connectivity index (χ0v) is 7.88.